The van der Waals surface area contributed by atoms with Crippen molar-refractivity contribution >= 4 is 8.32 Å². The average Bonchev–Trinajstić information content (AvgIpc) is 1.30. The molecule has 0 aliphatic carbocycles. The minimum atomic E-state index is -1.34. The summed E-state index contributed by atoms with van der Waals surface area (Å²) in [5.74, 6) is 0. The summed E-state index contributed by atoms with van der Waals surface area (Å²) in [6, 6.07) is 0. The van der Waals surface area contributed by atoms with Crippen LogP contribution < -0.4 is 18.9 Å². The molecule has 0 aromatic rings. The Labute approximate surface area is 64.4 Å². The molecule has 0 N–H and O–H groups in total. The van der Waals surface area contributed by atoms with Crippen LogP contribution in [-0.2, 0) is 4.43 Å². The van der Waals surface area contributed by atoms with E-state index in [9.17, 15) is 0 Å². The molecule has 42 valence electrons. The maximum absolute atomic E-state index is 5.02. The fraction of sp³-hybridized carbons (Fsp3) is 0.600. The Morgan fingerprint density at radius 2 is 1.75 bits per heavy atom. The van der Waals surface area contributed by atoms with Crippen molar-refractivity contribution in [3.63, 3.8) is 0 Å². The number of hydrogen-bond acceptors (Lipinski definition) is 1. The van der Waals surface area contributed by atoms with Crippen molar-refractivity contribution < 1.29 is 23.3 Å². The van der Waals surface area contributed by atoms with E-state index in [0.29, 0.717) is 0 Å². The zero-order valence-electron chi connectivity index (χ0n) is 6.06. The summed E-state index contributed by atoms with van der Waals surface area (Å²) < 4.78 is 5.02. The standard InChI is InChI=1S/C5H11OSi.Li/c1-5-6-7(2,3)4;/h1,5H,2-4H3;/q-1;+1. The minimum absolute atomic E-state index is 0. The second-order valence-electron chi connectivity index (χ2n) is 2.37. The van der Waals surface area contributed by atoms with Gasteiger partial charge in [-0.1, -0.05) is 0 Å². The monoisotopic (exact) mass is 122 g/mol. The third-order valence-electron chi connectivity index (χ3n) is 0.422. The van der Waals surface area contributed by atoms with Crippen molar-refractivity contribution in [2.75, 3.05) is 0 Å². The van der Waals surface area contributed by atoms with E-state index in [0.717, 1.165) is 0 Å². The summed E-state index contributed by atoms with van der Waals surface area (Å²) >= 11 is 0. The van der Waals surface area contributed by atoms with Crippen molar-refractivity contribution in [3.8, 4) is 0 Å². The number of rotatable bonds is 2. The first-order chi connectivity index (χ1) is 3.06. The van der Waals surface area contributed by atoms with Crippen molar-refractivity contribution in [2.24, 2.45) is 0 Å². The van der Waals surface area contributed by atoms with Gasteiger partial charge in [0, 0.05) is 0 Å². The largest absolute Gasteiger partial charge is 1.00 e. The molecule has 3 heteroatoms. The third-order valence-corrected chi connectivity index (χ3v) is 1.26. The van der Waals surface area contributed by atoms with Gasteiger partial charge in [-0.2, -0.15) is 0 Å². The summed E-state index contributed by atoms with van der Waals surface area (Å²) in [5, 5.41) is 0. The van der Waals surface area contributed by atoms with Gasteiger partial charge in [-0.3, -0.25) is 0 Å². The zero-order chi connectivity index (χ0) is 5.91. The van der Waals surface area contributed by atoms with Gasteiger partial charge < -0.3 is 11.0 Å². The summed E-state index contributed by atoms with van der Waals surface area (Å²) in [4.78, 5) is 0. The SMILES string of the molecule is [CH-]=CO[Si](C)(C)C.[Li+]. The molecular formula is C5H11LiOSi. The van der Waals surface area contributed by atoms with E-state index in [2.05, 4.69) is 19.6 Å². The van der Waals surface area contributed by atoms with E-state index in [1.807, 2.05) is 0 Å². The van der Waals surface area contributed by atoms with Crippen LogP contribution in [0.15, 0.2) is 6.26 Å². The summed E-state index contributed by atoms with van der Waals surface area (Å²) in [7, 11) is -1.34. The molecule has 0 aliphatic heterocycles. The van der Waals surface area contributed by atoms with E-state index in [1.165, 1.54) is 6.26 Å². The van der Waals surface area contributed by atoms with Gasteiger partial charge in [0.25, 0.3) is 0 Å². The van der Waals surface area contributed by atoms with Crippen molar-refractivity contribution in [2.45, 2.75) is 19.6 Å². The molecule has 0 unspecified atom stereocenters. The molecule has 0 radical (unpaired) electrons. The summed E-state index contributed by atoms with van der Waals surface area (Å²) in [6.07, 6.45) is 1.27. The van der Waals surface area contributed by atoms with Crippen LogP contribution in [0.5, 0.6) is 0 Å². The van der Waals surface area contributed by atoms with Gasteiger partial charge in [-0.25, -0.2) is 0 Å². The molecule has 8 heavy (non-hydrogen) atoms. The van der Waals surface area contributed by atoms with Crippen LogP contribution in [0.1, 0.15) is 0 Å². The van der Waals surface area contributed by atoms with Crippen molar-refractivity contribution in [3.05, 3.63) is 12.8 Å². The molecule has 0 atom stereocenters. The molecule has 0 spiro atoms. The molecule has 0 aliphatic rings. The molecule has 0 heterocycles. The smallest absolute Gasteiger partial charge is 0.583 e. The predicted molar refractivity (Wildman–Crippen MR) is 33.3 cm³/mol. The second kappa shape index (κ2) is 4.25. The maximum atomic E-state index is 5.02. The Balaban J connectivity index is 0. The topological polar surface area (TPSA) is 9.23 Å². The Bertz CT molecular complexity index is 67.3. The van der Waals surface area contributed by atoms with Crippen LogP contribution in [0.2, 0.25) is 19.6 Å². The minimum Gasteiger partial charge on any atom is -0.583 e. The Hall–Kier alpha value is 0.354. The molecule has 0 saturated heterocycles. The first-order valence-electron chi connectivity index (χ1n) is 2.27. The molecule has 0 amide bonds. The Morgan fingerprint density at radius 3 is 1.75 bits per heavy atom. The predicted octanol–water partition coefficient (Wildman–Crippen LogP) is -1.21. The van der Waals surface area contributed by atoms with Crippen molar-refractivity contribution in [1.82, 2.24) is 0 Å². The van der Waals surface area contributed by atoms with Gasteiger partial charge >= 0.3 is 18.9 Å². The van der Waals surface area contributed by atoms with Crippen LogP contribution in [0.4, 0.5) is 0 Å². The van der Waals surface area contributed by atoms with Crippen LogP contribution >= 0.6 is 0 Å². The normalized spacial score (nSPS) is 9.38. The van der Waals surface area contributed by atoms with Crippen LogP contribution in [-0.4, -0.2) is 8.32 Å². The van der Waals surface area contributed by atoms with E-state index >= 15 is 0 Å². The second-order valence-corrected chi connectivity index (χ2v) is 6.83. The summed E-state index contributed by atoms with van der Waals surface area (Å²) in [6.45, 7) is 11.2. The first-order valence-corrected chi connectivity index (χ1v) is 5.68. The quantitative estimate of drug-likeness (QED) is 0.254. The van der Waals surface area contributed by atoms with Gasteiger partial charge in [0.15, 0.2) is 0 Å². The molecule has 0 fully saturated rings. The number of hydrogen-bond donors (Lipinski definition) is 0. The van der Waals surface area contributed by atoms with E-state index in [1.54, 1.807) is 0 Å². The van der Waals surface area contributed by atoms with E-state index in [-0.39, 0.29) is 18.9 Å². The van der Waals surface area contributed by atoms with Gasteiger partial charge in [0.2, 0.25) is 8.32 Å². The molecular weight excluding hydrogens is 111 g/mol. The van der Waals surface area contributed by atoms with Crippen LogP contribution in [0, 0.1) is 6.58 Å². The van der Waals surface area contributed by atoms with Crippen LogP contribution in [0.3, 0.4) is 0 Å². The molecule has 0 rings (SSSR count). The van der Waals surface area contributed by atoms with Gasteiger partial charge in [0.05, 0.1) is 0 Å². The summed E-state index contributed by atoms with van der Waals surface area (Å²) in [5.41, 5.74) is 0. The van der Waals surface area contributed by atoms with Gasteiger partial charge in [0.1, 0.15) is 0 Å². The van der Waals surface area contributed by atoms with E-state index < -0.39 is 8.32 Å². The molecule has 0 saturated carbocycles. The Kier molecular flexibility index (Phi) is 5.95. The van der Waals surface area contributed by atoms with Crippen LogP contribution in [0.25, 0.3) is 0 Å². The fourth-order valence-corrected chi connectivity index (χ4v) is 0.612. The Morgan fingerprint density at radius 1 is 1.38 bits per heavy atom. The zero-order valence-corrected chi connectivity index (χ0v) is 7.06. The van der Waals surface area contributed by atoms with Crippen molar-refractivity contribution in [1.29, 1.82) is 0 Å². The fourth-order valence-electron chi connectivity index (χ4n) is 0.204. The first kappa shape index (κ1) is 11.2. The molecule has 1 nitrogen and oxygen atoms in total. The maximum Gasteiger partial charge on any atom is 1.00 e. The average molecular weight is 122 g/mol. The van der Waals surface area contributed by atoms with Gasteiger partial charge in [-0.05, 0) is 19.6 Å². The van der Waals surface area contributed by atoms with Gasteiger partial charge in [-0.15, -0.1) is 6.26 Å². The van der Waals surface area contributed by atoms with E-state index in [4.69, 9.17) is 11.0 Å². The molecule has 0 aromatic heterocycles. The third kappa shape index (κ3) is 9.61. The molecule has 0 bridgehead atoms. The molecule has 0 aromatic carbocycles.